The highest BCUT2D eigenvalue weighted by atomic mass is 32.2. The molecule has 2 aromatic heterocycles. The maximum atomic E-state index is 11.8. The number of carbonyl (C=O) groups excluding carboxylic acids is 1. The van der Waals surface area contributed by atoms with Crippen LogP contribution in [0.1, 0.15) is 12.6 Å². The second kappa shape index (κ2) is 7.41. The van der Waals surface area contributed by atoms with E-state index in [4.69, 9.17) is 5.11 Å². The van der Waals surface area contributed by atoms with Crippen molar-refractivity contribution < 1.29 is 14.7 Å². The minimum atomic E-state index is -0.943. The van der Waals surface area contributed by atoms with Gasteiger partial charge in [-0.05, 0) is 0 Å². The van der Waals surface area contributed by atoms with Crippen LogP contribution in [-0.2, 0) is 15.3 Å². The molecule has 1 amide bonds. The Hall–Kier alpha value is -1.87. The largest absolute Gasteiger partial charge is 0.481 e. The highest BCUT2D eigenvalue weighted by Gasteiger charge is 2.12. The van der Waals surface area contributed by atoms with Gasteiger partial charge in [0.15, 0.2) is 4.96 Å². The third-order valence-corrected chi connectivity index (χ3v) is 4.59. The van der Waals surface area contributed by atoms with Gasteiger partial charge in [0.1, 0.15) is 0 Å². The number of carboxylic acid groups (broad SMARTS) is 1. The smallest absolute Gasteiger partial charge is 0.308 e. The van der Waals surface area contributed by atoms with E-state index in [1.807, 2.05) is 0 Å². The average Bonchev–Trinajstić information content (AvgIpc) is 2.93. The zero-order chi connectivity index (χ0) is 16.1. The third kappa shape index (κ3) is 4.31. The molecule has 9 heteroatoms. The molecule has 2 N–H and O–H groups in total. The zero-order valence-corrected chi connectivity index (χ0v) is 13.4. The number of thioether (sulfide) groups is 1. The summed E-state index contributed by atoms with van der Waals surface area (Å²) in [6.07, 6.45) is 1.67. The Morgan fingerprint density at radius 2 is 2.32 bits per heavy atom. The molecule has 2 aromatic rings. The zero-order valence-electron chi connectivity index (χ0n) is 11.8. The number of aromatic nitrogens is 2. The van der Waals surface area contributed by atoms with Gasteiger partial charge in [-0.1, -0.05) is 6.92 Å². The molecule has 1 unspecified atom stereocenters. The number of amides is 1. The van der Waals surface area contributed by atoms with E-state index in [-0.39, 0.29) is 23.8 Å². The van der Waals surface area contributed by atoms with Crippen molar-refractivity contribution in [1.82, 2.24) is 14.7 Å². The Balaban J connectivity index is 1.81. The first-order valence-corrected chi connectivity index (χ1v) is 8.54. The summed E-state index contributed by atoms with van der Waals surface area (Å²) in [6, 6.07) is 1.46. The molecule has 0 radical (unpaired) electrons. The second-order valence-corrected chi connectivity index (χ2v) is 6.54. The predicted octanol–water partition coefficient (Wildman–Crippen LogP) is 0.826. The predicted molar refractivity (Wildman–Crippen MR) is 85.3 cm³/mol. The first-order chi connectivity index (χ1) is 10.5. The lowest BCUT2D eigenvalue weighted by Gasteiger charge is -2.08. The van der Waals surface area contributed by atoms with Crippen molar-refractivity contribution in [3.8, 4) is 0 Å². The molecule has 0 aliphatic rings. The Kier molecular flexibility index (Phi) is 5.56. The molecule has 0 saturated heterocycles. The molecular formula is C13H15N3O4S2. The number of carbonyl (C=O) groups is 2. The number of thiazole rings is 1. The van der Waals surface area contributed by atoms with Gasteiger partial charge in [-0.2, -0.15) is 0 Å². The number of fused-ring (bicyclic) bond motifs is 1. The molecule has 118 valence electrons. The van der Waals surface area contributed by atoms with E-state index in [0.717, 1.165) is 0 Å². The van der Waals surface area contributed by atoms with Crippen LogP contribution in [0.3, 0.4) is 0 Å². The molecule has 0 spiro atoms. The summed E-state index contributed by atoms with van der Waals surface area (Å²) in [5.41, 5.74) is 0.491. The first-order valence-electron chi connectivity index (χ1n) is 6.50. The van der Waals surface area contributed by atoms with Gasteiger partial charge in [-0.15, -0.1) is 23.1 Å². The van der Waals surface area contributed by atoms with Gasteiger partial charge in [-0.25, -0.2) is 4.98 Å². The minimum Gasteiger partial charge on any atom is -0.481 e. The lowest BCUT2D eigenvalue weighted by molar-refractivity contribution is -0.141. The summed E-state index contributed by atoms with van der Waals surface area (Å²) in [7, 11) is 0. The van der Waals surface area contributed by atoms with Crippen molar-refractivity contribution in [1.29, 1.82) is 0 Å². The highest BCUT2D eigenvalue weighted by Crippen LogP contribution is 2.12. The van der Waals surface area contributed by atoms with Crippen LogP contribution in [0.15, 0.2) is 22.4 Å². The summed E-state index contributed by atoms with van der Waals surface area (Å²) >= 11 is 2.71. The van der Waals surface area contributed by atoms with E-state index < -0.39 is 11.9 Å². The van der Waals surface area contributed by atoms with Crippen LogP contribution < -0.4 is 10.9 Å². The van der Waals surface area contributed by atoms with Crippen molar-refractivity contribution in [2.45, 2.75) is 12.7 Å². The van der Waals surface area contributed by atoms with Gasteiger partial charge in [0.25, 0.3) is 5.56 Å². The van der Waals surface area contributed by atoms with Gasteiger partial charge >= 0.3 is 5.97 Å². The van der Waals surface area contributed by atoms with Crippen LogP contribution >= 0.6 is 23.1 Å². The number of carboxylic acids is 1. The molecule has 7 nitrogen and oxygen atoms in total. The van der Waals surface area contributed by atoms with Crippen molar-refractivity contribution in [2.24, 2.45) is 5.92 Å². The summed E-state index contributed by atoms with van der Waals surface area (Å²) < 4.78 is 1.47. The molecule has 0 saturated carbocycles. The monoisotopic (exact) mass is 341 g/mol. The van der Waals surface area contributed by atoms with Gasteiger partial charge in [0.2, 0.25) is 5.91 Å². The average molecular weight is 341 g/mol. The van der Waals surface area contributed by atoms with Gasteiger partial charge in [0.05, 0.1) is 17.4 Å². The topological polar surface area (TPSA) is 101 Å². The fourth-order valence-corrected chi connectivity index (χ4v) is 3.10. The third-order valence-electron chi connectivity index (χ3n) is 2.87. The summed E-state index contributed by atoms with van der Waals surface area (Å²) in [6.45, 7) is 1.64. The maximum absolute atomic E-state index is 11.8. The number of nitrogens with one attached hydrogen (secondary N) is 1. The Morgan fingerprint density at radius 1 is 1.55 bits per heavy atom. The number of aliphatic carboxylic acids is 1. The van der Waals surface area contributed by atoms with Crippen molar-refractivity contribution in [3.63, 3.8) is 0 Å². The van der Waals surface area contributed by atoms with E-state index in [0.29, 0.717) is 16.4 Å². The van der Waals surface area contributed by atoms with Gasteiger partial charge in [-0.3, -0.25) is 18.8 Å². The van der Waals surface area contributed by atoms with Crippen LogP contribution in [0.4, 0.5) is 0 Å². The molecule has 2 heterocycles. The number of rotatable bonds is 7. The van der Waals surface area contributed by atoms with Crippen LogP contribution in [0, 0.1) is 5.92 Å². The van der Waals surface area contributed by atoms with E-state index in [1.54, 1.807) is 11.6 Å². The number of hydrogen-bond acceptors (Lipinski definition) is 6. The fourth-order valence-electron chi connectivity index (χ4n) is 1.62. The van der Waals surface area contributed by atoms with Crippen LogP contribution in [0.2, 0.25) is 0 Å². The minimum absolute atomic E-state index is 0.107. The van der Waals surface area contributed by atoms with E-state index in [1.165, 1.54) is 40.5 Å². The fraction of sp³-hybridized carbons (Fsp3) is 0.385. The summed E-state index contributed by atoms with van der Waals surface area (Å²) in [5, 5.41) is 13.1. The molecular weight excluding hydrogens is 326 g/mol. The number of nitrogens with zero attached hydrogens (tertiary/aromatic N) is 2. The Bertz CT molecular complexity index is 740. The second-order valence-electron chi connectivity index (χ2n) is 4.68. The van der Waals surface area contributed by atoms with E-state index >= 15 is 0 Å². The normalized spacial score (nSPS) is 12.2. The molecule has 0 aliphatic carbocycles. The van der Waals surface area contributed by atoms with Gasteiger partial charge in [0, 0.05) is 29.9 Å². The van der Waals surface area contributed by atoms with Crippen LogP contribution in [0.5, 0.6) is 0 Å². The maximum Gasteiger partial charge on any atom is 0.308 e. The lowest BCUT2D eigenvalue weighted by Crippen LogP contribution is -2.32. The quantitative estimate of drug-likeness (QED) is 0.773. The Morgan fingerprint density at radius 3 is 3.05 bits per heavy atom. The number of hydrogen-bond donors (Lipinski definition) is 2. The van der Waals surface area contributed by atoms with E-state index in [9.17, 15) is 14.4 Å². The van der Waals surface area contributed by atoms with Crippen LogP contribution in [-0.4, -0.2) is 38.7 Å². The molecule has 1 atom stereocenters. The SMILES string of the molecule is CC(CNC(=O)CSCc1cc(=O)n2ccsc2n1)C(=O)O. The van der Waals surface area contributed by atoms with Crippen molar-refractivity contribution in [2.75, 3.05) is 12.3 Å². The standard InChI is InChI=1S/C13H15N3O4S2/c1-8(12(19)20)5-14-10(17)7-21-6-9-4-11(18)16-2-3-22-13(16)15-9/h2-4,8H,5-7H2,1H3,(H,14,17)(H,19,20). The van der Waals surface area contributed by atoms with Gasteiger partial charge < -0.3 is 10.4 Å². The molecule has 22 heavy (non-hydrogen) atoms. The first kappa shape index (κ1) is 16.5. The summed E-state index contributed by atoms with van der Waals surface area (Å²) in [5.74, 6) is -1.14. The molecule has 0 fully saturated rings. The van der Waals surface area contributed by atoms with Crippen molar-refractivity contribution in [3.05, 3.63) is 33.7 Å². The highest BCUT2D eigenvalue weighted by molar-refractivity contribution is 7.99. The molecule has 0 bridgehead atoms. The van der Waals surface area contributed by atoms with E-state index in [2.05, 4.69) is 10.3 Å². The molecule has 0 aromatic carbocycles. The Labute approximate surface area is 134 Å². The summed E-state index contributed by atoms with van der Waals surface area (Å²) in [4.78, 5) is 39.0. The molecule has 0 aliphatic heterocycles. The lowest BCUT2D eigenvalue weighted by atomic mass is 10.2. The van der Waals surface area contributed by atoms with Crippen LogP contribution in [0.25, 0.3) is 4.96 Å². The molecule has 2 rings (SSSR count). The van der Waals surface area contributed by atoms with Crippen molar-refractivity contribution >= 4 is 39.9 Å².